The highest BCUT2D eigenvalue weighted by Gasteiger charge is 2.51. The third-order valence-electron chi connectivity index (χ3n) is 5.58. The van der Waals surface area contributed by atoms with Gasteiger partial charge < -0.3 is 5.32 Å². The number of rotatable bonds is 2. The molecule has 2 aromatic rings. The molecule has 5 nitrogen and oxygen atoms in total. The maximum atomic E-state index is 12.7. The SMILES string of the molecule is Cc1nccc(C(=O)N[C@@]23CCC[C@@](C#Cc4ccccn4)(CC2)C3)n1. The zero-order valence-electron chi connectivity index (χ0n) is 15.0. The van der Waals surface area contributed by atoms with Crippen molar-refractivity contribution in [2.45, 2.75) is 51.0 Å². The van der Waals surface area contributed by atoms with Gasteiger partial charge in [-0.1, -0.05) is 12.0 Å². The van der Waals surface area contributed by atoms with Crippen molar-refractivity contribution in [2.24, 2.45) is 5.41 Å². The number of amides is 1. The normalized spacial score (nSPS) is 26.7. The molecule has 2 bridgehead atoms. The number of nitrogens with one attached hydrogen (secondary N) is 1. The lowest BCUT2D eigenvalue weighted by Crippen LogP contribution is -2.49. The molecular weight excluding hydrogens is 324 g/mol. The van der Waals surface area contributed by atoms with E-state index in [1.54, 1.807) is 25.4 Å². The van der Waals surface area contributed by atoms with Gasteiger partial charge in [-0.05, 0) is 69.6 Å². The summed E-state index contributed by atoms with van der Waals surface area (Å²) in [4.78, 5) is 25.3. The molecule has 0 spiro atoms. The number of aromatic nitrogens is 3. The van der Waals surface area contributed by atoms with E-state index in [-0.39, 0.29) is 16.9 Å². The molecule has 2 aliphatic rings. The Hall–Kier alpha value is -2.74. The first kappa shape index (κ1) is 16.7. The van der Waals surface area contributed by atoms with Crippen LogP contribution in [0, 0.1) is 24.2 Å². The fraction of sp³-hybridized carbons (Fsp3) is 0.429. The number of carbonyl (C=O) groups excluding carboxylic acids is 1. The first-order valence-electron chi connectivity index (χ1n) is 9.15. The van der Waals surface area contributed by atoms with E-state index >= 15 is 0 Å². The number of hydrogen-bond acceptors (Lipinski definition) is 4. The monoisotopic (exact) mass is 346 g/mol. The van der Waals surface area contributed by atoms with E-state index in [9.17, 15) is 4.79 Å². The highest BCUT2D eigenvalue weighted by molar-refractivity contribution is 5.92. The molecule has 2 aromatic heterocycles. The molecule has 0 aromatic carbocycles. The molecule has 26 heavy (non-hydrogen) atoms. The van der Waals surface area contributed by atoms with Crippen molar-refractivity contribution >= 4 is 5.91 Å². The minimum Gasteiger partial charge on any atom is -0.345 e. The van der Waals surface area contributed by atoms with Crippen LogP contribution in [0.25, 0.3) is 0 Å². The van der Waals surface area contributed by atoms with Gasteiger partial charge in [-0.25, -0.2) is 15.0 Å². The van der Waals surface area contributed by atoms with Gasteiger partial charge in [0.25, 0.3) is 5.91 Å². The molecule has 0 aliphatic heterocycles. The second-order valence-electron chi connectivity index (χ2n) is 7.50. The fourth-order valence-corrected chi connectivity index (χ4v) is 4.35. The summed E-state index contributed by atoms with van der Waals surface area (Å²) in [5.74, 6) is 7.25. The van der Waals surface area contributed by atoms with Gasteiger partial charge in [-0.3, -0.25) is 4.79 Å². The van der Waals surface area contributed by atoms with Gasteiger partial charge in [0.1, 0.15) is 17.2 Å². The number of hydrogen-bond donors (Lipinski definition) is 1. The third kappa shape index (κ3) is 3.32. The lowest BCUT2D eigenvalue weighted by molar-refractivity contribution is 0.0866. The molecule has 0 saturated heterocycles. The smallest absolute Gasteiger partial charge is 0.270 e. The molecule has 1 N–H and O–H groups in total. The Morgan fingerprint density at radius 3 is 2.85 bits per heavy atom. The van der Waals surface area contributed by atoms with Crippen LogP contribution in [0.3, 0.4) is 0 Å². The molecule has 2 fully saturated rings. The van der Waals surface area contributed by atoms with Crippen LogP contribution < -0.4 is 5.32 Å². The molecule has 2 heterocycles. The maximum Gasteiger partial charge on any atom is 0.270 e. The first-order chi connectivity index (χ1) is 12.6. The average Bonchev–Trinajstić information content (AvgIpc) is 2.91. The van der Waals surface area contributed by atoms with Crippen LogP contribution in [0.1, 0.15) is 60.5 Å². The fourth-order valence-electron chi connectivity index (χ4n) is 4.35. The Bertz CT molecular complexity index is 886. The number of carbonyl (C=O) groups is 1. The Labute approximate surface area is 153 Å². The highest BCUT2D eigenvalue weighted by Crippen LogP contribution is 2.53. The first-order valence-corrected chi connectivity index (χ1v) is 9.15. The summed E-state index contributed by atoms with van der Waals surface area (Å²) in [6, 6.07) is 7.46. The summed E-state index contributed by atoms with van der Waals surface area (Å²) in [5.41, 5.74) is 1.08. The van der Waals surface area contributed by atoms with Gasteiger partial charge in [0, 0.05) is 23.3 Å². The molecule has 2 saturated carbocycles. The predicted molar refractivity (Wildman–Crippen MR) is 98.2 cm³/mol. The van der Waals surface area contributed by atoms with Crippen molar-refractivity contribution < 1.29 is 4.79 Å². The Kier molecular flexibility index (Phi) is 4.20. The number of fused-ring (bicyclic) bond motifs is 2. The van der Waals surface area contributed by atoms with Crippen LogP contribution in [0.4, 0.5) is 0 Å². The van der Waals surface area contributed by atoms with Crippen LogP contribution >= 0.6 is 0 Å². The number of pyridine rings is 1. The van der Waals surface area contributed by atoms with E-state index in [1.807, 2.05) is 18.2 Å². The second-order valence-corrected chi connectivity index (χ2v) is 7.50. The van der Waals surface area contributed by atoms with Crippen molar-refractivity contribution in [3.8, 4) is 11.8 Å². The summed E-state index contributed by atoms with van der Waals surface area (Å²) < 4.78 is 0. The zero-order chi connectivity index (χ0) is 18.0. The minimum absolute atomic E-state index is 0.00929. The van der Waals surface area contributed by atoms with E-state index < -0.39 is 0 Å². The lowest BCUT2D eigenvalue weighted by atomic mass is 9.73. The van der Waals surface area contributed by atoms with Crippen LogP contribution in [-0.2, 0) is 0 Å². The molecule has 5 heteroatoms. The van der Waals surface area contributed by atoms with E-state index in [2.05, 4.69) is 32.1 Å². The third-order valence-corrected chi connectivity index (χ3v) is 5.58. The summed E-state index contributed by atoms with van der Waals surface area (Å²) in [6.07, 6.45) is 9.50. The van der Waals surface area contributed by atoms with Gasteiger partial charge >= 0.3 is 0 Å². The number of aryl methyl sites for hydroxylation is 1. The predicted octanol–water partition coefficient (Wildman–Crippen LogP) is 3.05. The van der Waals surface area contributed by atoms with E-state index in [1.165, 1.54) is 0 Å². The molecule has 2 atom stereocenters. The Morgan fingerprint density at radius 2 is 2.04 bits per heavy atom. The number of nitrogens with zero attached hydrogens (tertiary/aromatic N) is 3. The Balaban J connectivity index is 1.52. The van der Waals surface area contributed by atoms with Gasteiger partial charge in [-0.2, -0.15) is 0 Å². The van der Waals surface area contributed by atoms with Gasteiger partial charge in [0.05, 0.1) is 0 Å². The lowest BCUT2D eigenvalue weighted by Gasteiger charge is -2.37. The van der Waals surface area contributed by atoms with Crippen molar-refractivity contribution in [3.63, 3.8) is 0 Å². The zero-order valence-corrected chi connectivity index (χ0v) is 15.0. The maximum absolute atomic E-state index is 12.7. The van der Waals surface area contributed by atoms with E-state index in [0.29, 0.717) is 11.5 Å². The van der Waals surface area contributed by atoms with Crippen molar-refractivity contribution in [1.82, 2.24) is 20.3 Å². The molecule has 4 rings (SSSR count). The minimum atomic E-state index is -0.160. The molecular formula is C21H22N4O. The summed E-state index contributed by atoms with van der Waals surface area (Å²) >= 11 is 0. The topological polar surface area (TPSA) is 67.8 Å². The van der Waals surface area contributed by atoms with Crippen LogP contribution in [0.2, 0.25) is 0 Å². The molecule has 132 valence electrons. The standard InChI is InChI=1S/C21H22N4O/c1-16-22-14-7-18(24-16)19(26)25-21-9-4-8-20(15-21,11-12-21)10-6-17-5-2-3-13-23-17/h2-3,5,7,13-14H,4,8-9,11-12,15H2,1H3,(H,25,26)/t20-,21+/m1/s1. The highest BCUT2D eigenvalue weighted by atomic mass is 16.2. The molecule has 0 unspecified atom stereocenters. The molecule has 1 amide bonds. The van der Waals surface area contributed by atoms with Crippen LogP contribution in [0.15, 0.2) is 36.7 Å². The van der Waals surface area contributed by atoms with Crippen molar-refractivity contribution in [1.29, 1.82) is 0 Å². The van der Waals surface area contributed by atoms with Crippen LogP contribution in [-0.4, -0.2) is 26.4 Å². The van der Waals surface area contributed by atoms with Crippen molar-refractivity contribution in [2.75, 3.05) is 0 Å². The van der Waals surface area contributed by atoms with E-state index in [4.69, 9.17) is 0 Å². The van der Waals surface area contributed by atoms with E-state index in [0.717, 1.165) is 44.2 Å². The Morgan fingerprint density at radius 1 is 1.12 bits per heavy atom. The summed E-state index contributed by atoms with van der Waals surface area (Å²) in [7, 11) is 0. The second kappa shape index (κ2) is 6.53. The molecule has 0 radical (unpaired) electrons. The molecule has 2 aliphatic carbocycles. The van der Waals surface area contributed by atoms with Gasteiger partial charge in [0.15, 0.2) is 0 Å². The summed E-state index contributed by atoms with van der Waals surface area (Å²) in [6.45, 7) is 1.80. The van der Waals surface area contributed by atoms with Crippen LogP contribution in [0.5, 0.6) is 0 Å². The van der Waals surface area contributed by atoms with Gasteiger partial charge in [-0.15, -0.1) is 0 Å². The van der Waals surface area contributed by atoms with Gasteiger partial charge in [0.2, 0.25) is 0 Å². The summed E-state index contributed by atoms with van der Waals surface area (Å²) in [5, 5.41) is 3.28. The quantitative estimate of drug-likeness (QED) is 0.849. The van der Waals surface area contributed by atoms with Crippen molar-refractivity contribution in [3.05, 3.63) is 53.9 Å². The average molecular weight is 346 g/mol. The largest absolute Gasteiger partial charge is 0.345 e.